The topological polar surface area (TPSA) is 66.7 Å². The summed E-state index contributed by atoms with van der Waals surface area (Å²) in [6.45, 7) is 5.12. The number of benzene rings is 1. The first-order valence-electron chi connectivity index (χ1n) is 8.67. The van der Waals surface area contributed by atoms with E-state index in [1.807, 2.05) is 30.3 Å². The van der Waals surface area contributed by atoms with Crippen LogP contribution in [0.25, 0.3) is 0 Å². The lowest BCUT2D eigenvalue weighted by molar-refractivity contribution is -0.131. The van der Waals surface area contributed by atoms with Crippen LogP contribution in [0.2, 0.25) is 0 Å². The standard InChI is InChI=1S/C19H23N3O3/c1-3-7-16-12-17(20-25-16)19(24)22-11-10-21(14(2)23)13-18(22)15-8-5-4-6-9-15/h4-6,8-9,12,18H,3,7,10-11,13H2,1-2H3. The van der Waals surface area contributed by atoms with Crippen molar-refractivity contribution in [3.8, 4) is 0 Å². The largest absolute Gasteiger partial charge is 0.361 e. The van der Waals surface area contributed by atoms with Crippen LogP contribution >= 0.6 is 0 Å². The van der Waals surface area contributed by atoms with Crippen molar-refractivity contribution in [3.05, 3.63) is 53.4 Å². The normalized spacial score (nSPS) is 17.6. The summed E-state index contributed by atoms with van der Waals surface area (Å²) >= 11 is 0. The van der Waals surface area contributed by atoms with Gasteiger partial charge in [0.25, 0.3) is 5.91 Å². The third-order valence-corrected chi connectivity index (χ3v) is 4.55. The van der Waals surface area contributed by atoms with Crippen molar-refractivity contribution in [3.63, 3.8) is 0 Å². The van der Waals surface area contributed by atoms with Crippen molar-refractivity contribution in [1.29, 1.82) is 0 Å². The molecule has 1 atom stereocenters. The highest BCUT2D eigenvalue weighted by atomic mass is 16.5. The Balaban J connectivity index is 1.86. The van der Waals surface area contributed by atoms with Crippen molar-refractivity contribution >= 4 is 11.8 Å². The van der Waals surface area contributed by atoms with Gasteiger partial charge in [0, 0.05) is 39.0 Å². The molecule has 2 heterocycles. The first-order valence-corrected chi connectivity index (χ1v) is 8.67. The molecule has 2 amide bonds. The summed E-state index contributed by atoms with van der Waals surface area (Å²) in [6, 6.07) is 11.3. The summed E-state index contributed by atoms with van der Waals surface area (Å²) in [5, 5.41) is 3.95. The van der Waals surface area contributed by atoms with Crippen LogP contribution in [-0.2, 0) is 11.2 Å². The number of aromatic nitrogens is 1. The molecular weight excluding hydrogens is 318 g/mol. The van der Waals surface area contributed by atoms with E-state index in [-0.39, 0.29) is 17.9 Å². The molecular formula is C19H23N3O3. The Bertz CT molecular complexity index is 741. The summed E-state index contributed by atoms with van der Waals surface area (Å²) in [7, 11) is 0. The van der Waals surface area contributed by atoms with Crippen molar-refractivity contribution in [2.24, 2.45) is 0 Å². The maximum Gasteiger partial charge on any atom is 0.276 e. The molecule has 3 rings (SSSR count). The minimum absolute atomic E-state index is 0.0275. The van der Waals surface area contributed by atoms with Crippen molar-refractivity contribution in [2.45, 2.75) is 32.7 Å². The molecule has 1 aromatic heterocycles. The van der Waals surface area contributed by atoms with E-state index < -0.39 is 0 Å². The van der Waals surface area contributed by atoms with Gasteiger partial charge in [-0.25, -0.2) is 0 Å². The molecule has 6 nitrogen and oxygen atoms in total. The highest BCUT2D eigenvalue weighted by Gasteiger charge is 2.34. The molecule has 1 unspecified atom stereocenters. The number of nitrogens with zero attached hydrogens (tertiary/aromatic N) is 3. The molecule has 0 radical (unpaired) electrons. The highest BCUT2D eigenvalue weighted by Crippen LogP contribution is 2.27. The minimum atomic E-state index is -0.183. The Kier molecular flexibility index (Phi) is 5.16. The van der Waals surface area contributed by atoms with Gasteiger partial charge in [-0.3, -0.25) is 9.59 Å². The van der Waals surface area contributed by atoms with E-state index in [0.717, 1.165) is 24.2 Å². The molecule has 1 aromatic carbocycles. The molecule has 0 N–H and O–H groups in total. The van der Waals surface area contributed by atoms with Gasteiger partial charge in [-0.1, -0.05) is 42.4 Å². The van der Waals surface area contributed by atoms with Crippen LogP contribution in [0.5, 0.6) is 0 Å². The summed E-state index contributed by atoms with van der Waals surface area (Å²) in [4.78, 5) is 28.3. The molecule has 0 spiro atoms. The van der Waals surface area contributed by atoms with E-state index >= 15 is 0 Å². The number of amides is 2. The third-order valence-electron chi connectivity index (χ3n) is 4.55. The second-order valence-electron chi connectivity index (χ2n) is 6.32. The Hall–Kier alpha value is -2.63. The van der Waals surface area contributed by atoms with Gasteiger partial charge in [-0.15, -0.1) is 0 Å². The second kappa shape index (κ2) is 7.51. The fraction of sp³-hybridized carbons (Fsp3) is 0.421. The zero-order valence-corrected chi connectivity index (χ0v) is 14.6. The van der Waals surface area contributed by atoms with E-state index in [4.69, 9.17) is 4.52 Å². The zero-order valence-electron chi connectivity index (χ0n) is 14.6. The summed E-state index contributed by atoms with van der Waals surface area (Å²) in [6.07, 6.45) is 1.70. The number of piperazine rings is 1. The molecule has 1 aliphatic heterocycles. The van der Waals surface area contributed by atoms with E-state index in [0.29, 0.717) is 25.3 Å². The third kappa shape index (κ3) is 3.73. The summed E-state index contributed by atoms with van der Waals surface area (Å²) in [5.41, 5.74) is 1.35. The quantitative estimate of drug-likeness (QED) is 0.857. The van der Waals surface area contributed by atoms with Gasteiger partial charge in [0.1, 0.15) is 5.76 Å². The van der Waals surface area contributed by atoms with Gasteiger partial charge in [0.05, 0.1) is 6.04 Å². The van der Waals surface area contributed by atoms with Crippen molar-refractivity contribution < 1.29 is 14.1 Å². The van der Waals surface area contributed by atoms with E-state index in [2.05, 4.69) is 12.1 Å². The number of rotatable bonds is 4. The molecule has 1 fully saturated rings. The Morgan fingerprint density at radius 1 is 1.24 bits per heavy atom. The van der Waals surface area contributed by atoms with Crippen molar-refractivity contribution in [2.75, 3.05) is 19.6 Å². The number of carbonyl (C=O) groups is 2. The molecule has 25 heavy (non-hydrogen) atoms. The van der Waals surface area contributed by atoms with Gasteiger partial charge >= 0.3 is 0 Å². The van der Waals surface area contributed by atoms with Crippen LogP contribution in [0, 0.1) is 0 Å². The highest BCUT2D eigenvalue weighted by molar-refractivity contribution is 5.92. The van der Waals surface area contributed by atoms with Crippen LogP contribution in [0.4, 0.5) is 0 Å². The Morgan fingerprint density at radius 3 is 2.68 bits per heavy atom. The Morgan fingerprint density at radius 2 is 2.00 bits per heavy atom. The SMILES string of the molecule is CCCc1cc(C(=O)N2CCN(C(C)=O)CC2c2ccccc2)no1. The lowest BCUT2D eigenvalue weighted by Crippen LogP contribution is -2.51. The van der Waals surface area contributed by atoms with Gasteiger partial charge in [0.15, 0.2) is 5.69 Å². The zero-order chi connectivity index (χ0) is 17.8. The predicted molar refractivity (Wildman–Crippen MR) is 93.0 cm³/mol. The van der Waals surface area contributed by atoms with Crippen LogP contribution in [0.1, 0.15) is 48.1 Å². The lowest BCUT2D eigenvalue weighted by atomic mass is 10.0. The fourth-order valence-electron chi connectivity index (χ4n) is 3.20. The number of aryl methyl sites for hydroxylation is 1. The average Bonchev–Trinajstić information content (AvgIpc) is 3.10. The lowest BCUT2D eigenvalue weighted by Gasteiger charge is -2.41. The van der Waals surface area contributed by atoms with Crippen LogP contribution in [0.15, 0.2) is 40.9 Å². The van der Waals surface area contributed by atoms with Crippen LogP contribution in [0.3, 0.4) is 0 Å². The summed E-state index contributed by atoms with van der Waals surface area (Å²) in [5.74, 6) is 0.604. The second-order valence-corrected chi connectivity index (χ2v) is 6.32. The van der Waals surface area contributed by atoms with E-state index in [9.17, 15) is 9.59 Å². The molecule has 0 aliphatic carbocycles. The minimum Gasteiger partial charge on any atom is -0.361 e. The molecule has 6 heteroatoms. The average molecular weight is 341 g/mol. The van der Waals surface area contributed by atoms with Crippen LogP contribution in [-0.4, -0.2) is 46.4 Å². The molecule has 132 valence electrons. The van der Waals surface area contributed by atoms with E-state index in [1.165, 1.54) is 0 Å². The smallest absolute Gasteiger partial charge is 0.276 e. The monoisotopic (exact) mass is 341 g/mol. The molecule has 0 bridgehead atoms. The maximum atomic E-state index is 13.0. The number of hydrogen-bond acceptors (Lipinski definition) is 4. The Labute approximate surface area is 147 Å². The van der Waals surface area contributed by atoms with E-state index in [1.54, 1.807) is 22.8 Å². The van der Waals surface area contributed by atoms with Gasteiger partial charge in [0.2, 0.25) is 5.91 Å². The molecule has 2 aromatic rings. The molecule has 1 aliphatic rings. The first kappa shape index (κ1) is 17.2. The fourth-order valence-corrected chi connectivity index (χ4v) is 3.20. The summed E-state index contributed by atoms with van der Waals surface area (Å²) < 4.78 is 5.26. The molecule has 0 saturated carbocycles. The number of carbonyl (C=O) groups excluding carboxylic acids is 2. The van der Waals surface area contributed by atoms with Gasteiger partial charge in [-0.05, 0) is 12.0 Å². The van der Waals surface area contributed by atoms with Gasteiger partial charge < -0.3 is 14.3 Å². The predicted octanol–water partition coefficient (Wildman–Crippen LogP) is 2.67. The molecule has 1 saturated heterocycles. The maximum absolute atomic E-state index is 13.0. The first-order chi connectivity index (χ1) is 12.1. The van der Waals surface area contributed by atoms with Crippen molar-refractivity contribution in [1.82, 2.24) is 15.0 Å². The number of hydrogen-bond donors (Lipinski definition) is 0. The van der Waals surface area contributed by atoms with Crippen LogP contribution < -0.4 is 0 Å². The van der Waals surface area contributed by atoms with Gasteiger partial charge in [-0.2, -0.15) is 0 Å².